The molecule has 0 aliphatic carbocycles. The highest BCUT2D eigenvalue weighted by Gasteiger charge is 2.18. The van der Waals surface area contributed by atoms with Gasteiger partial charge in [-0.2, -0.15) is 8.42 Å². The topological polar surface area (TPSA) is 139 Å². The van der Waals surface area contributed by atoms with Crippen molar-refractivity contribution in [2.75, 3.05) is 6.54 Å². The van der Waals surface area contributed by atoms with Crippen molar-refractivity contribution in [1.29, 1.82) is 0 Å². The summed E-state index contributed by atoms with van der Waals surface area (Å²) in [6, 6.07) is 18.4. The van der Waals surface area contributed by atoms with Crippen molar-refractivity contribution in [2.45, 2.75) is 11.8 Å². The minimum absolute atomic E-state index is 0.00474. The number of aryl methyl sites for hydroxylation is 1. The molecule has 0 heterocycles. The Bertz CT molecular complexity index is 1400. The first-order valence-electron chi connectivity index (χ1n) is 10.4. The monoisotopic (exact) mass is 572 g/mol. The van der Waals surface area contributed by atoms with E-state index in [1.165, 1.54) is 42.5 Å². The summed E-state index contributed by atoms with van der Waals surface area (Å²) in [5.74, 6) is -2.60. The average Bonchev–Trinajstić information content (AvgIpc) is 2.83. The molecule has 3 aromatic rings. The number of carboxylic acids is 1. The van der Waals surface area contributed by atoms with Crippen molar-refractivity contribution in [1.82, 2.24) is 10.6 Å². The summed E-state index contributed by atoms with van der Waals surface area (Å²) in [6.45, 7) is 1.19. The second kappa shape index (κ2) is 11.6. The first-order valence-corrected chi connectivity index (χ1v) is 12.6. The minimum atomic E-state index is -4.04. The fraction of sp³-hybridized carbons (Fsp3) is 0.0800. The summed E-state index contributed by atoms with van der Waals surface area (Å²) in [6.07, 6.45) is 1.33. The molecular weight excluding hydrogens is 552 g/mol. The van der Waals surface area contributed by atoms with Crippen LogP contribution in [0.2, 0.25) is 0 Å². The Hall–Kier alpha value is -3.96. The van der Waals surface area contributed by atoms with Crippen LogP contribution >= 0.6 is 15.9 Å². The van der Waals surface area contributed by atoms with Crippen LogP contribution in [0.25, 0.3) is 6.08 Å². The number of carbonyl (C=O) groups excluding carboxylic acids is 2. The average molecular weight is 573 g/mol. The van der Waals surface area contributed by atoms with Gasteiger partial charge in [-0.25, -0.2) is 0 Å². The Balaban J connectivity index is 1.81. The highest BCUT2D eigenvalue weighted by Crippen LogP contribution is 2.20. The zero-order chi connectivity index (χ0) is 26.3. The number of hydrogen-bond donors (Lipinski definition) is 3. The van der Waals surface area contributed by atoms with Gasteiger partial charge >= 0.3 is 16.1 Å². The number of nitrogens with one attached hydrogen (secondary N) is 2. The van der Waals surface area contributed by atoms with Gasteiger partial charge in [0.15, 0.2) is 0 Å². The summed E-state index contributed by atoms with van der Waals surface area (Å²) >= 11 is 3.28. The van der Waals surface area contributed by atoms with E-state index in [0.29, 0.717) is 5.56 Å². The molecule has 0 atom stereocenters. The van der Waals surface area contributed by atoms with E-state index >= 15 is 0 Å². The van der Waals surface area contributed by atoms with Crippen LogP contribution in [0, 0.1) is 6.92 Å². The molecule has 3 rings (SSSR count). The van der Waals surface area contributed by atoms with Gasteiger partial charge in [-0.05, 0) is 67.1 Å². The largest absolute Gasteiger partial charge is 0.480 e. The van der Waals surface area contributed by atoms with Gasteiger partial charge in [0.2, 0.25) is 0 Å². The fourth-order valence-corrected chi connectivity index (χ4v) is 4.07. The third-order valence-electron chi connectivity index (χ3n) is 4.71. The quantitative estimate of drug-likeness (QED) is 0.263. The molecule has 0 saturated carbocycles. The lowest BCUT2D eigenvalue weighted by Crippen LogP contribution is -2.37. The standard InChI is InChI=1S/C25H21BrN2O7S/c1-16-2-12-21(13-3-16)36(33,34)35-20-10-4-17(5-11-20)14-22(25(32)27-15-23(29)30)28-24(31)18-6-8-19(26)9-7-18/h2-14H,15H2,1H3,(H,27,32)(H,28,31)(H,29,30)/b22-14-. The van der Waals surface area contributed by atoms with Crippen LogP contribution in [-0.4, -0.2) is 37.9 Å². The zero-order valence-electron chi connectivity index (χ0n) is 18.9. The molecule has 36 heavy (non-hydrogen) atoms. The highest BCUT2D eigenvalue weighted by atomic mass is 79.9. The van der Waals surface area contributed by atoms with Gasteiger partial charge in [0.1, 0.15) is 22.9 Å². The van der Waals surface area contributed by atoms with Gasteiger partial charge in [0, 0.05) is 10.0 Å². The fourth-order valence-electron chi connectivity index (χ4n) is 2.87. The Kier molecular flexibility index (Phi) is 8.62. The molecular formula is C25H21BrN2O7S. The molecule has 0 bridgehead atoms. The van der Waals surface area contributed by atoms with Crippen molar-refractivity contribution < 1.29 is 32.1 Å². The summed E-state index contributed by atoms with van der Waals surface area (Å²) < 4.78 is 30.9. The van der Waals surface area contributed by atoms with Crippen LogP contribution in [-0.2, 0) is 19.7 Å². The lowest BCUT2D eigenvalue weighted by atomic mass is 10.1. The number of benzene rings is 3. The first-order chi connectivity index (χ1) is 17.0. The molecule has 0 fully saturated rings. The van der Waals surface area contributed by atoms with E-state index < -0.39 is 34.4 Å². The molecule has 0 radical (unpaired) electrons. The molecule has 0 aliphatic heterocycles. The van der Waals surface area contributed by atoms with Crippen LogP contribution in [0.3, 0.4) is 0 Å². The number of carboxylic acid groups (broad SMARTS) is 1. The number of hydrogen-bond acceptors (Lipinski definition) is 6. The van der Waals surface area contributed by atoms with Gasteiger partial charge in [0.25, 0.3) is 11.8 Å². The Morgan fingerprint density at radius 1 is 0.944 bits per heavy atom. The second-order valence-corrected chi connectivity index (χ2v) is 9.98. The van der Waals surface area contributed by atoms with Crippen molar-refractivity contribution in [2.24, 2.45) is 0 Å². The maximum atomic E-state index is 12.6. The van der Waals surface area contributed by atoms with Gasteiger partial charge in [0.05, 0.1) is 0 Å². The summed E-state index contributed by atoms with van der Waals surface area (Å²) in [4.78, 5) is 36.0. The highest BCUT2D eigenvalue weighted by molar-refractivity contribution is 9.10. The van der Waals surface area contributed by atoms with E-state index in [4.69, 9.17) is 9.29 Å². The first kappa shape index (κ1) is 26.6. The van der Waals surface area contributed by atoms with Gasteiger partial charge < -0.3 is 19.9 Å². The maximum absolute atomic E-state index is 12.6. The van der Waals surface area contributed by atoms with Crippen molar-refractivity contribution in [3.63, 3.8) is 0 Å². The van der Waals surface area contributed by atoms with Crippen LogP contribution in [0.15, 0.2) is 87.9 Å². The summed E-state index contributed by atoms with van der Waals surface area (Å²) in [5, 5.41) is 13.5. The predicted molar refractivity (Wildman–Crippen MR) is 136 cm³/mol. The molecule has 0 aromatic heterocycles. The molecule has 0 unspecified atom stereocenters. The van der Waals surface area contributed by atoms with Crippen LogP contribution in [0.1, 0.15) is 21.5 Å². The molecule has 11 heteroatoms. The normalized spacial score (nSPS) is 11.4. The molecule has 0 saturated heterocycles. The lowest BCUT2D eigenvalue weighted by Gasteiger charge is -2.11. The van der Waals surface area contributed by atoms with E-state index in [1.807, 2.05) is 6.92 Å². The van der Waals surface area contributed by atoms with Crippen LogP contribution < -0.4 is 14.8 Å². The molecule has 0 aliphatic rings. The van der Waals surface area contributed by atoms with E-state index in [2.05, 4.69) is 26.6 Å². The molecule has 9 nitrogen and oxygen atoms in total. The molecule has 3 aromatic carbocycles. The molecule has 2 amide bonds. The zero-order valence-corrected chi connectivity index (χ0v) is 21.3. The third-order valence-corrected chi connectivity index (χ3v) is 6.50. The molecule has 0 spiro atoms. The SMILES string of the molecule is Cc1ccc(S(=O)(=O)Oc2ccc(/C=C(\NC(=O)c3ccc(Br)cc3)C(=O)NCC(=O)O)cc2)cc1. The molecule has 186 valence electrons. The van der Waals surface area contributed by atoms with Crippen LogP contribution in [0.5, 0.6) is 5.75 Å². The smallest absolute Gasteiger partial charge is 0.339 e. The second-order valence-electron chi connectivity index (χ2n) is 7.51. The minimum Gasteiger partial charge on any atom is -0.480 e. The predicted octanol–water partition coefficient (Wildman–Crippen LogP) is 3.50. The van der Waals surface area contributed by atoms with Gasteiger partial charge in [-0.1, -0.05) is 45.8 Å². The van der Waals surface area contributed by atoms with Gasteiger partial charge in [-0.3, -0.25) is 14.4 Å². The van der Waals surface area contributed by atoms with Crippen LogP contribution in [0.4, 0.5) is 0 Å². The lowest BCUT2D eigenvalue weighted by molar-refractivity contribution is -0.137. The van der Waals surface area contributed by atoms with E-state index in [1.54, 1.807) is 36.4 Å². The van der Waals surface area contributed by atoms with E-state index in [-0.39, 0.29) is 21.9 Å². The third kappa shape index (κ3) is 7.52. The summed E-state index contributed by atoms with van der Waals surface area (Å²) in [5.41, 5.74) is 1.40. The van der Waals surface area contributed by atoms with Crippen molar-refractivity contribution >= 4 is 49.9 Å². The number of halogens is 1. The van der Waals surface area contributed by atoms with E-state index in [9.17, 15) is 22.8 Å². The number of aliphatic carboxylic acids is 1. The number of rotatable bonds is 9. The molecule has 3 N–H and O–H groups in total. The number of carbonyl (C=O) groups is 3. The Morgan fingerprint density at radius 2 is 1.56 bits per heavy atom. The Morgan fingerprint density at radius 3 is 2.14 bits per heavy atom. The van der Waals surface area contributed by atoms with E-state index in [0.717, 1.165) is 10.0 Å². The van der Waals surface area contributed by atoms with Crippen molar-refractivity contribution in [3.05, 3.63) is 99.7 Å². The summed E-state index contributed by atoms with van der Waals surface area (Å²) in [7, 11) is -4.04. The van der Waals surface area contributed by atoms with Gasteiger partial charge in [-0.15, -0.1) is 0 Å². The maximum Gasteiger partial charge on any atom is 0.339 e. The Labute approximate surface area is 216 Å². The number of amides is 2. The van der Waals surface area contributed by atoms with Crippen molar-refractivity contribution in [3.8, 4) is 5.75 Å².